The zero-order chi connectivity index (χ0) is 13.8. The molecule has 7 heteroatoms. The topological polar surface area (TPSA) is 73.8 Å². The van der Waals surface area contributed by atoms with Gasteiger partial charge in [-0.05, 0) is 33.6 Å². The quantitative estimate of drug-likeness (QED) is 0.902. The van der Waals surface area contributed by atoms with Gasteiger partial charge in [0.2, 0.25) is 0 Å². The Kier molecular flexibility index (Phi) is 4.39. The van der Waals surface area contributed by atoms with E-state index in [1.165, 1.54) is 10.7 Å². The van der Waals surface area contributed by atoms with Gasteiger partial charge in [-0.3, -0.25) is 4.79 Å². The van der Waals surface area contributed by atoms with E-state index in [1.807, 2.05) is 0 Å². The number of ketones is 1. The molecule has 0 bridgehead atoms. The first-order valence-electron chi connectivity index (χ1n) is 5.63. The predicted octanol–water partition coefficient (Wildman–Crippen LogP) is 1.45. The van der Waals surface area contributed by atoms with Crippen LogP contribution < -0.4 is 5.73 Å². The molecular formula is C12H12BrFN4O. The average Bonchev–Trinajstić information content (AvgIpc) is 2.81. The van der Waals surface area contributed by atoms with Crippen molar-refractivity contribution in [3.8, 4) is 0 Å². The highest BCUT2D eigenvalue weighted by atomic mass is 79.9. The van der Waals surface area contributed by atoms with Crippen LogP contribution in [0.4, 0.5) is 4.39 Å². The molecule has 0 unspecified atom stereocenters. The molecule has 0 aliphatic rings. The number of rotatable bonds is 5. The van der Waals surface area contributed by atoms with Gasteiger partial charge in [0, 0.05) is 13.0 Å². The van der Waals surface area contributed by atoms with Crippen LogP contribution >= 0.6 is 15.9 Å². The van der Waals surface area contributed by atoms with E-state index in [2.05, 4.69) is 26.2 Å². The number of benzene rings is 1. The summed E-state index contributed by atoms with van der Waals surface area (Å²) in [5, 5.41) is 7.60. The Morgan fingerprint density at radius 3 is 2.89 bits per heavy atom. The fraction of sp³-hybridized carbons (Fsp3) is 0.250. The first-order valence-corrected chi connectivity index (χ1v) is 6.42. The SMILES string of the molecule is NCc1cn(CC(=O)Cc2ccc(F)c(Br)c2)nn1. The second kappa shape index (κ2) is 6.03. The van der Waals surface area contributed by atoms with Crippen molar-refractivity contribution in [1.29, 1.82) is 0 Å². The summed E-state index contributed by atoms with van der Waals surface area (Å²) in [4.78, 5) is 11.8. The smallest absolute Gasteiger partial charge is 0.158 e. The largest absolute Gasteiger partial charge is 0.325 e. The molecule has 0 amide bonds. The first kappa shape index (κ1) is 13.8. The van der Waals surface area contributed by atoms with Crippen molar-refractivity contribution in [2.45, 2.75) is 19.5 Å². The Morgan fingerprint density at radius 2 is 2.26 bits per heavy atom. The summed E-state index contributed by atoms with van der Waals surface area (Å²) in [5.74, 6) is -0.382. The fourth-order valence-corrected chi connectivity index (χ4v) is 2.05. The third kappa shape index (κ3) is 3.68. The van der Waals surface area contributed by atoms with Crippen LogP contribution in [0.2, 0.25) is 0 Å². The number of nitrogens with two attached hydrogens (primary N) is 1. The van der Waals surface area contributed by atoms with E-state index in [-0.39, 0.29) is 24.6 Å². The van der Waals surface area contributed by atoms with Gasteiger partial charge in [-0.25, -0.2) is 9.07 Å². The van der Waals surface area contributed by atoms with Gasteiger partial charge in [0.05, 0.1) is 16.4 Å². The molecule has 5 nitrogen and oxygen atoms in total. The molecular weight excluding hydrogens is 315 g/mol. The molecule has 2 rings (SSSR count). The first-order chi connectivity index (χ1) is 9.08. The molecule has 0 fully saturated rings. The van der Waals surface area contributed by atoms with E-state index >= 15 is 0 Å². The van der Waals surface area contributed by atoms with Gasteiger partial charge in [-0.15, -0.1) is 5.10 Å². The molecule has 0 aliphatic carbocycles. The van der Waals surface area contributed by atoms with E-state index in [1.54, 1.807) is 18.3 Å². The van der Waals surface area contributed by atoms with Crippen LogP contribution in [0.1, 0.15) is 11.3 Å². The third-order valence-corrected chi connectivity index (χ3v) is 3.13. The van der Waals surface area contributed by atoms with E-state index < -0.39 is 0 Å². The average molecular weight is 327 g/mol. The molecule has 2 N–H and O–H groups in total. The number of aromatic nitrogens is 3. The molecule has 0 saturated heterocycles. The van der Waals surface area contributed by atoms with E-state index in [4.69, 9.17) is 5.73 Å². The van der Waals surface area contributed by atoms with Gasteiger partial charge in [-0.2, -0.15) is 0 Å². The monoisotopic (exact) mass is 326 g/mol. The molecule has 1 heterocycles. The molecule has 2 aromatic rings. The normalized spacial score (nSPS) is 10.7. The minimum Gasteiger partial charge on any atom is -0.325 e. The molecule has 19 heavy (non-hydrogen) atoms. The number of hydrogen-bond donors (Lipinski definition) is 1. The van der Waals surface area contributed by atoms with Crippen LogP contribution in [0.3, 0.4) is 0 Å². The zero-order valence-corrected chi connectivity index (χ0v) is 11.6. The fourth-order valence-electron chi connectivity index (χ4n) is 1.62. The molecule has 100 valence electrons. The number of halogens is 2. The van der Waals surface area contributed by atoms with Gasteiger partial charge >= 0.3 is 0 Å². The number of nitrogens with zero attached hydrogens (tertiary/aromatic N) is 3. The summed E-state index contributed by atoms with van der Waals surface area (Å²) in [6, 6.07) is 4.51. The van der Waals surface area contributed by atoms with Crippen molar-refractivity contribution in [3.05, 3.63) is 45.9 Å². The van der Waals surface area contributed by atoms with Crippen molar-refractivity contribution in [3.63, 3.8) is 0 Å². The summed E-state index contributed by atoms with van der Waals surface area (Å²) in [6.45, 7) is 0.418. The van der Waals surface area contributed by atoms with Crippen LogP contribution in [0, 0.1) is 5.82 Å². The highest BCUT2D eigenvalue weighted by Gasteiger charge is 2.08. The van der Waals surface area contributed by atoms with Crippen LogP contribution in [0.5, 0.6) is 0 Å². The Morgan fingerprint density at radius 1 is 1.47 bits per heavy atom. The maximum Gasteiger partial charge on any atom is 0.158 e. The molecule has 1 aromatic carbocycles. The summed E-state index contributed by atoms with van der Waals surface area (Å²) >= 11 is 3.09. The molecule has 0 aliphatic heterocycles. The molecule has 0 atom stereocenters. The highest BCUT2D eigenvalue weighted by molar-refractivity contribution is 9.10. The van der Waals surface area contributed by atoms with Crippen molar-refractivity contribution in [2.24, 2.45) is 5.73 Å². The summed E-state index contributed by atoms with van der Waals surface area (Å²) < 4.78 is 14.9. The number of hydrogen-bond acceptors (Lipinski definition) is 4. The van der Waals surface area contributed by atoms with Crippen LogP contribution in [0.25, 0.3) is 0 Å². The lowest BCUT2D eigenvalue weighted by Gasteiger charge is -2.02. The molecule has 0 spiro atoms. The van der Waals surface area contributed by atoms with Gasteiger partial charge in [0.25, 0.3) is 0 Å². The van der Waals surface area contributed by atoms with Gasteiger partial charge in [0.15, 0.2) is 5.78 Å². The van der Waals surface area contributed by atoms with Crippen LogP contribution in [0.15, 0.2) is 28.9 Å². The minimum atomic E-state index is -0.347. The zero-order valence-electron chi connectivity index (χ0n) is 10.0. The standard InChI is InChI=1S/C12H12BrFN4O/c13-11-4-8(1-2-12(11)14)3-10(19)7-18-6-9(5-15)16-17-18/h1-2,4,6H,3,5,7,15H2. The minimum absolute atomic E-state index is 0.0352. The third-order valence-electron chi connectivity index (χ3n) is 2.52. The lowest BCUT2D eigenvalue weighted by atomic mass is 10.1. The van der Waals surface area contributed by atoms with Crippen LogP contribution in [-0.2, 0) is 24.3 Å². The number of carbonyl (C=O) groups is 1. The van der Waals surface area contributed by atoms with Crippen LogP contribution in [-0.4, -0.2) is 20.8 Å². The maximum atomic E-state index is 13.1. The van der Waals surface area contributed by atoms with Gasteiger partial charge < -0.3 is 5.73 Å². The predicted molar refractivity (Wildman–Crippen MR) is 70.7 cm³/mol. The van der Waals surface area contributed by atoms with E-state index in [9.17, 15) is 9.18 Å². The summed E-state index contributed by atoms with van der Waals surface area (Å²) in [7, 11) is 0. The lowest BCUT2D eigenvalue weighted by Crippen LogP contribution is -2.13. The van der Waals surface area contributed by atoms with E-state index in [0.717, 1.165) is 5.56 Å². The summed E-state index contributed by atoms with van der Waals surface area (Å²) in [6.07, 6.45) is 1.86. The van der Waals surface area contributed by atoms with Gasteiger partial charge in [0.1, 0.15) is 12.4 Å². The Hall–Kier alpha value is -1.60. The second-order valence-electron chi connectivity index (χ2n) is 4.08. The second-order valence-corrected chi connectivity index (χ2v) is 4.93. The van der Waals surface area contributed by atoms with Crippen molar-refractivity contribution < 1.29 is 9.18 Å². The highest BCUT2D eigenvalue weighted by Crippen LogP contribution is 2.17. The van der Waals surface area contributed by atoms with Crippen molar-refractivity contribution in [2.75, 3.05) is 0 Å². The number of carbonyl (C=O) groups excluding carboxylic acids is 1. The Bertz CT molecular complexity index is 599. The van der Waals surface area contributed by atoms with Crippen molar-refractivity contribution >= 4 is 21.7 Å². The maximum absolute atomic E-state index is 13.1. The number of Topliss-reactive ketones (excluding diaryl/α,β-unsaturated/α-hetero) is 1. The molecule has 0 radical (unpaired) electrons. The van der Waals surface area contributed by atoms with Gasteiger partial charge in [-0.1, -0.05) is 11.3 Å². The molecule has 1 aromatic heterocycles. The van der Waals surface area contributed by atoms with E-state index in [0.29, 0.717) is 16.7 Å². The Labute approximate surface area is 117 Å². The lowest BCUT2D eigenvalue weighted by molar-refractivity contribution is -0.119. The molecule has 0 saturated carbocycles. The van der Waals surface area contributed by atoms with Crippen molar-refractivity contribution in [1.82, 2.24) is 15.0 Å². The Balaban J connectivity index is 1.98. The summed E-state index contributed by atoms with van der Waals surface area (Å²) in [5.41, 5.74) is 6.79.